The van der Waals surface area contributed by atoms with Crippen molar-refractivity contribution in [3.8, 4) is 0 Å². The van der Waals surface area contributed by atoms with E-state index in [1.807, 2.05) is 0 Å². The fourth-order valence-electron chi connectivity index (χ4n) is 1.07. The molecule has 88 valence electrons. The average Bonchev–Trinajstić information content (AvgIpc) is 2.23. The lowest BCUT2D eigenvalue weighted by atomic mass is 10.3. The van der Waals surface area contributed by atoms with E-state index in [9.17, 15) is 13.6 Å². The summed E-state index contributed by atoms with van der Waals surface area (Å²) in [4.78, 5) is 12.5. The zero-order valence-electron chi connectivity index (χ0n) is 8.70. The van der Waals surface area contributed by atoms with Crippen molar-refractivity contribution < 1.29 is 18.7 Å². The van der Waals surface area contributed by atoms with Crippen molar-refractivity contribution in [1.29, 1.82) is 0 Å². The number of hydrogen-bond acceptors (Lipinski definition) is 2. The van der Waals surface area contributed by atoms with Gasteiger partial charge < -0.3 is 15.3 Å². The van der Waals surface area contributed by atoms with Crippen LogP contribution in [0.15, 0.2) is 18.2 Å². The predicted molar refractivity (Wildman–Crippen MR) is 55.1 cm³/mol. The number of urea groups is 1. The first-order chi connectivity index (χ1) is 7.56. The van der Waals surface area contributed by atoms with Crippen LogP contribution in [0.3, 0.4) is 0 Å². The Morgan fingerprint density at radius 3 is 2.50 bits per heavy atom. The maximum absolute atomic E-state index is 13.1. The van der Waals surface area contributed by atoms with E-state index < -0.39 is 23.4 Å². The first-order valence-corrected chi connectivity index (χ1v) is 4.63. The van der Waals surface area contributed by atoms with Crippen molar-refractivity contribution in [3.63, 3.8) is 0 Å². The summed E-state index contributed by atoms with van der Waals surface area (Å²) >= 11 is 0. The topological polar surface area (TPSA) is 52.6 Å². The molecule has 0 radical (unpaired) electrons. The Balaban J connectivity index is 2.77. The molecule has 0 bridgehead atoms. The number of aliphatic hydroxyl groups excluding tert-OH is 1. The number of benzene rings is 1. The molecule has 1 aromatic carbocycles. The zero-order chi connectivity index (χ0) is 12.1. The van der Waals surface area contributed by atoms with Gasteiger partial charge in [0.25, 0.3) is 0 Å². The van der Waals surface area contributed by atoms with E-state index in [0.717, 1.165) is 17.0 Å². The van der Waals surface area contributed by atoms with Crippen molar-refractivity contribution in [1.82, 2.24) is 4.90 Å². The minimum Gasteiger partial charge on any atom is -0.395 e. The van der Waals surface area contributed by atoms with Gasteiger partial charge in [-0.25, -0.2) is 13.6 Å². The van der Waals surface area contributed by atoms with Crippen molar-refractivity contribution in [2.45, 2.75) is 0 Å². The second-order valence-corrected chi connectivity index (χ2v) is 3.17. The van der Waals surface area contributed by atoms with Gasteiger partial charge in [-0.2, -0.15) is 0 Å². The molecule has 0 saturated carbocycles. The fraction of sp³-hybridized carbons (Fsp3) is 0.300. The van der Waals surface area contributed by atoms with Crippen LogP contribution in [0.2, 0.25) is 0 Å². The van der Waals surface area contributed by atoms with Crippen LogP contribution in [0.1, 0.15) is 0 Å². The van der Waals surface area contributed by atoms with Gasteiger partial charge >= 0.3 is 6.03 Å². The van der Waals surface area contributed by atoms with Crippen molar-refractivity contribution in [2.75, 3.05) is 25.5 Å². The summed E-state index contributed by atoms with van der Waals surface area (Å²) in [5, 5.41) is 10.7. The largest absolute Gasteiger partial charge is 0.395 e. The molecule has 0 spiro atoms. The predicted octanol–water partition coefficient (Wildman–Crippen LogP) is 1.42. The lowest BCUT2D eigenvalue weighted by Gasteiger charge is -2.17. The number of hydrogen-bond donors (Lipinski definition) is 2. The molecule has 0 aliphatic carbocycles. The van der Waals surface area contributed by atoms with Gasteiger partial charge in [-0.05, 0) is 12.1 Å². The lowest BCUT2D eigenvalue weighted by molar-refractivity contribution is 0.202. The Hall–Kier alpha value is -1.69. The molecule has 0 aliphatic heterocycles. The number of halogens is 2. The Bertz CT molecular complexity index is 365. The van der Waals surface area contributed by atoms with Crippen molar-refractivity contribution >= 4 is 11.7 Å². The highest BCUT2D eigenvalue weighted by atomic mass is 19.1. The van der Waals surface area contributed by atoms with Gasteiger partial charge in [0.05, 0.1) is 6.61 Å². The van der Waals surface area contributed by atoms with Crippen LogP contribution in [-0.2, 0) is 0 Å². The Morgan fingerprint density at radius 1 is 1.44 bits per heavy atom. The van der Waals surface area contributed by atoms with Gasteiger partial charge in [0.2, 0.25) is 0 Å². The van der Waals surface area contributed by atoms with Crippen molar-refractivity contribution in [2.24, 2.45) is 0 Å². The van der Waals surface area contributed by atoms with Gasteiger partial charge in [0.1, 0.15) is 17.3 Å². The number of carbonyl (C=O) groups excluding carboxylic acids is 1. The van der Waals surface area contributed by atoms with E-state index in [4.69, 9.17) is 5.11 Å². The second kappa shape index (κ2) is 5.41. The molecule has 0 saturated heterocycles. The minimum atomic E-state index is -0.842. The number of anilines is 1. The van der Waals surface area contributed by atoms with Crippen LogP contribution in [0.5, 0.6) is 0 Å². The maximum atomic E-state index is 13.1. The monoisotopic (exact) mass is 230 g/mol. The Kier molecular flexibility index (Phi) is 4.19. The van der Waals surface area contributed by atoms with Crippen LogP contribution in [0.25, 0.3) is 0 Å². The maximum Gasteiger partial charge on any atom is 0.321 e. The Labute approximate surface area is 91.5 Å². The fourth-order valence-corrected chi connectivity index (χ4v) is 1.07. The minimum absolute atomic E-state index is 0.0852. The highest BCUT2D eigenvalue weighted by Gasteiger charge is 2.14. The number of likely N-dealkylation sites (N-methyl/N-ethyl adjacent to an activating group) is 1. The van der Waals surface area contributed by atoms with E-state index in [1.165, 1.54) is 13.1 Å². The summed E-state index contributed by atoms with van der Waals surface area (Å²) in [6.45, 7) is -0.133. The molecule has 0 aliphatic rings. The number of aliphatic hydroxyl groups is 1. The van der Waals surface area contributed by atoms with E-state index in [2.05, 4.69) is 5.32 Å². The number of amides is 2. The van der Waals surface area contributed by atoms with E-state index in [-0.39, 0.29) is 13.2 Å². The number of rotatable bonds is 3. The van der Waals surface area contributed by atoms with Gasteiger partial charge in [0.15, 0.2) is 0 Å². The summed E-state index contributed by atoms with van der Waals surface area (Å²) in [7, 11) is 1.41. The average molecular weight is 230 g/mol. The quantitative estimate of drug-likeness (QED) is 0.825. The normalized spacial score (nSPS) is 10.0. The highest BCUT2D eigenvalue weighted by Crippen LogP contribution is 2.18. The van der Waals surface area contributed by atoms with Crippen molar-refractivity contribution in [3.05, 3.63) is 29.8 Å². The lowest BCUT2D eigenvalue weighted by Crippen LogP contribution is -2.34. The highest BCUT2D eigenvalue weighted by molar-refractivity contribution is 5.89. The van der Waals surface area contributed by atoms with Crippen LogP contribution in [0, 0.1) is 11.6 Å². The molecule has 0 unspecified atom stereocenters. The second-order valence-electron chi connectivity index (χ2n) is 3.17. The molecule has 1 rings (SSSR count). The SMILES string of the molecule is CN(CCO)C(=O)Nc1c(F)cccc1F. The summed E-state index contributed by atoms with van der Waals surface area (Å²) in [5.41, 5.74) is -0.489. The first kappa shape index (κ1) is 12.4. The first-order valence-electron chi connectivity index (χ1n) is 4.63. The molecule has 0 fully saturated rings. The summed E-state index contributed by atoms with van der Waals surface area (Å²) in [6, 6.07) is 2.62. The molecule has 2 amide bonds. The molecule has 2 N–H and O–H groups in total. The van der Waals surface area contributed by atoms with Crippen LogP contribution in [0.4, 0.5) is 19.3 Å². The molecule has 0 heterocycles. The van der Waals surface area contributed by atoms with Gasteiger partial charge in [-0.1, -0.05) is 6.07 Å². The summed E-state index contributed by atoms with van der Waals surface area (Å²) in [6.07, 6.45) is 0. The zero-order valence-corrected chi connectivity index (χ0v) is 8.70. The summed E-state index contributed by atoms with van der Waals surface area (Å²) < 4.78 is 26.3. The molecular formula is C10H12F2N2O2. The molecule has 1 aromatic rings. The van der Waals surface area contributed by atoms with Crippen LogP contribution >= 0.6 is 0 Å². The molecule has 16 heavy (non-hydrogen) atoms. The van der Waals surface area contributed by atoms with Gasteiger partial charge in [-0.3, -0.25) is 0 Å². The number of para-hydroxylation sites is 1. The third-order valence-electron chi connectivity index (χ3n) is 1.98. The standard InChI is InChI=1S/C10H12F2N2O2/c1-14(5-6-15)10(16)13-9-7(11)3-2-4-8(9)12/h2-4,15H,5-6H2,1H3,(H,13,16). The molecular weight excluding hydrogens is 218 g/mol. The third-order valence-corrected chi connectivity index (χ3v) is 1.98. The summed E-state index contributed by atoms with van der Waals surface area (Å²) in [5.74, 6) is -1.68. The number of carbonyl (C=O) groups is 1. The van der Waals surface area contributed by atoms with Gasteiger partial charge in [0, 0.05) is 13.6 Å². The van der Waals surface area contributed by atoms with E-state index >= 15 is 0 Å². The Morgan fingerprint density at radius 2 is 2.00 bits per heavy atom. The number of nitrogens with one attached hydrogen (secondary N) is 1. The molecule has 0 atom stereocenters. The molecule has 0 aromatic heterocycles. The van der Waals surface area contributed by atoms with Crippen LogP contribution < -0.4 is 5.32 Å². The third kappa shape index (κ3) is 2.90. The molecule has 6 heteroatoms. The van der Waals surface area contributed by atoms with E-state index in [0.29, 0.717) is 0 Å². The smallest absolute Gasteiger partial charge is 0.321 e. The van der Waals surface area contributed by atoms with E-state index in [1.54, 1.807) is 0 Å². The number of nitrogens with zero attached hydrogens (tertiary/aromatic N) is 1. The molecule has 4 nitrogen and oxygen atoms in total. The van der Waals surface area contributed by atoms with Crippen LogP contribution in [-0.4, -0.2) is 36.2 Å². The van der Waals surface area contributed by atoms with Gasteiger partial charge in [-0.15, -0.1) is 0 Å².